The van der Waals surface area contributed by atoms with Gasteiger partial charge in [0.2, 0.25) is 0 Å². The molecule has 3 rings (SSSR count). The smallest absolute Gasteiger partial charge is 0.271 e. The second-order valence-corrected chi connectivity index (χ2v) is 8.67. The quantitative estimate of drug-likeness (QED) is 0.136. The SMILES string of the molecule is COc1cc(/C=C(\C#N)C(=O)Nc2cccc([N+](=O)[O-])c2)cc(Br)c1OCc1ccc(Cl)c(Cl)c1. The maximum absolute atomic E-state index is 12.6. The van der Waals surface area contributed by atoms with Gasteiger partial charge in [-0.15, -0.1) is 0 Å². The molecule has 0 aliphatic rings. The lowest BCUT2D eigenvalue weighted by Crippen LogP contribution is -2.13. The van der Waals surface area contributed by atoms with Crippen LogP contribution in [0.5, 0.6) is 11.5 Å². The third-order valence-corrected chi connectivity index (χ3v) is 5.94. The Balaban J connectivity index is 1.82. The second kappa shape index (κ2) is 11.7. The predicted octanol–water partition coefficient (Wildman–Crippen LogP) is 6.80. The summed E-state index contributed by atoms with van der Waals surface area (Å²) >= 11 is 15.4. The van der Waals surface area contributed by atoms with Crippen molar-refractivity contribution < 1.29 is 19.2 Å². The lowest BCUT2D eigenvalue weighted by Gasteiger charge is -2.14. The fraction of sp³-hybridized carbons (Fsp3) is 0.0833. The first-order valence-electron chi connectivity index (χ1n) is 9.83. The Hall–Kier alpha value is -3.58. The fourth-order valence-corrected chi connectivity index (χ4v) is 3.85. The first-order valence-corrected chi connectivity index (χ1v) is 11.4. The molecule has 11 heteroatoms. The summed E-state index contributed by atoms with van der Waals surface area (Å²) in [5.41, 5.74) is 1.07. The Morgan fingerprint density at radius 3 is 2.63 bits per heavy atom. The largest absolute Gasteiger partial charge is 0.493 e. The van der Waals surface area contributed by atoms with Crippen molar-refractivity contribution in [1.29, 1.82) is 5.26 Å². The van der Waals surface area contributed by atoms with E-state index in [0.717, 1.165) is 5.56 Å². The summed E-state index contributed by atoms with van der Waals surface area (Å²) in [5, 5.41) is 23.8. The van der Waals surface area contributed by atoms with Gasteiger partial charge in [0, 0.05) is 17.8 Å². The van der Waals surface area contributed by atoms with E-state index in [1.54, 1.807) is 30.3 Å². The van der Waals surface area contributed by atoms with Crippen LogP contribution < -0.4 is 14.8 Å². The van der Waals surface area contributed by atoms with Gasteiger partial charge in [0.15, 0.2) is 11.5 Å². The fourth-order valence-electron chi connectivity index (χ4n) is 2.96. The molecule has 8 nitrogen and oxygen atoms in total. The van der Waals surface area contributed by atoms with Crippen LogP contribution in [0.15, 0.2) is 64.6 Å². The van der Waals surface area contributed by atoms with Crippen LogP contribution in [0, 0.1) is 21.4 Å². The molecule has 0 aliphatic carbocycles. The molecular formula is C24H16BrCl2N3O5. The van der Waals surface area contributed by atoms with Gasteiger partial charge in [-0.05, 0) is 63.5 Å². The Kier molecular flexibility index (Phi) is 8.71. The number of anilines is 1. The summed E-state index contributed by atoms with van der Waals surface area (Å²) in [7, 11) is 1.46. The summed E-state index contributed by atoms with van der Waals surface area (Å²) in [4.78, 5) is 22.9. The van der Waals surface area contributed by atoms with Gasteiger partial charge in [-0.25, -0.2) is 0 Å². The van der Waals surface area contributed by atoms with Gasteiger partial charge >= 0.3 is 0 Å². The monoisotopic (exact) mass is 575 g/mol. The highest BCUT2D eigenvalue weighted by atomic mass is 79.9. The van der Waals surface area contributed by atoms with Crippen LogP contribution in [0.25, 0.3) is 6.08 Å². The standard InChI is InChI=1S/C24H16BrCl2N3O5/c1-34-22-10-15(8-19(25)23(22)35-13-14-5-6-20(26)21(27)9-14)7-16(12-28)24(31)29-17-3-2-4-18(11-17)30(32)33/h2-11H,13H2,1H3,(H,29,31)/b16-7+. The number of ether oxygens (including phenoxy) is 2. The Bertz CT molecular complexity index is 1370. The zero-order valence-electron chi connectivity index (χ0n) is 18.1. The summed E-state index contributed by atoms with van der Waals surface area (Å²) in [5.74, 6) is 0.0559. The van der Waals surface area contributed by atoms with E-state index < -0.39 is 10.8 Å². The third kappa shape index (κ3) is 6.73. The van der Waals surface area contributed by atoms with Gasteiger partial charge < -0.3 is 14.8 Å². The molecule has 0 saturated heterocycles. The van der Waals surface area contributed by atoms with Crippen molar-refractivity contribution in [3.05, 3.63) is 95.9 Å². The van der Waals surface area contributed by atoms with E-state index in [1.165, 1.54) is 37.5 Å². The molecule has 0 unspecified atom stereocenters. The van der Waals surface area contributed by atoms with Gasteiger partial charge in [0.25, 0.3) is 11.6 Å². The van der Waals surface area contributed by atoms with E-state index in [9.17, 15) is 20.2 Å². The zero-order chi connectivity index (χ0) is 25.5. The maximum Gasteiger partial charge on any atom is 0.271 e. The molecule has 1 amide bonds. The van der Waals surface area contributed by atoms with Crippen LogP contribution in [-0.2, 0) is 11.4 Å². The van der Waals surface area contributed by atoms with Crippen LogP contribution in [0.2, 0.25) is 10.0 Å². The maximum atomic E-state index is 12.6. The minimum atomic E-state index is -0.719. The van der Waals surface area contributed by atoms with Gasteiger partial charge in [-0.2, -0.15) is 5.26 Å². The van der Waals surface area contributed by atoms with E-state index >= 15 is 0 Å². The minimum Gasteiger partial charge on any atom is -0.493 e. The van der Waals surface area contributed by atoms with Crippen molar-refractivity contribution >= 4 is 62.5 Å². The number of nitriles is 1. The van der Waals surface area contributed by atoms with Crippen LogP contribution in [0.4, 0.5) is 11.4 Å². The summed E-state index contributed by atoms with van der Waals surface area (Å²) in [6.45, 7) is 0.191. The highest BCUT2D eigenvalue weighted by molar-refractivity contribution is 9.10. The lowest BCUT2D eigenvalue weighted by atomic mass is 10.1. The van der Waals surface area contributed by atoms with E-state index in [1.807, 2.05) is 6.07 Å². The van der Waals surface area contributed by atoms with Crippen molar-refractivity contribution in [3.63, 3.8) is 0 Å². The van der Waals surface area contributed by atoms with Crippen molar-refractivity contribution in [3.8, 4) is 17.6 Å². The molecule has 1 N–H and O–H groups in total. The average Bonchev–Trinajstić information content (AvgIpc) is 2.83. The van der Waals surface area contributed by atoms with E-state index in [0.29, 0.717) is 31.6 Å². The molecule has 0 bridgehead atoms. The number of nitrogens with one attached hydrogen (secondary N) is 1. The Morgan fingerprint density at radius 1 is 1.20 bits per heavy atom. The predicted molar refractivity (Wildman–Crippen MR) is 137 cm³/mol. The highest BCUT2D eigenvalue weighted by Crippen LogP contribution is 2.38. The molecule has 3 aromatic rings. The van der Waals surface area contributed by atoms with Crippen LogP contribution in [0.1, 0.15) is 11.1 Å². The van der Waals surface area contributed by atoms with Crippen molar-refractivity contribution in [1.82, 2.24) is 0 Å². The average molecular weight is 577 g/mol. The van der Waals surface area contributed by atoms with Crippen molar-refractivity contribution in [2.45, 2.75) is 6.61 Å². The molecule has 0 fully saturated rings. The Labute approximate surface area is 219 Å². The van der Waals surface area contributed by atoms with Gasteiger partial charge in [-0.3, -0.25) is 14.9 Å². The van der Waals surface area contributed by atoms with E-state index in [4.69, 9.17) is 32.7 Å². The lowest BCUT2D eigenvalue weighted by molar-refractivity contribution is -0.384. The van der Waals surface area contributed by atoms with Crippen LogP contribution in [-0.4, -0.2) is 17.9 Å². The summed E-state index contributed by atoms with van der Waals surface area (Å²) in [6.07, 6.45) is 1.36. The van der Waals surface area contributed by atoms with E-state index in [2.05, 4.69) is 21.2 Å². The highest BCUT2D eigenvalue weighted by Gasteiger charge is 2.15. The number of rotatable bonds is 8. The molecule has 0 radical (unpaired) electrons. The molecule has 0 spiro atoms. The molecule has 0 aliphatic heterocycles. The van der Waals surface area contributed by atoms with Crippen LogP contribution >= 0.6 is 39.1 Å². The van der Waals surface area contributed by atoms with Crippen molar-refractivity contribution in [2.75, 3.05) is 12.4 Å². The Morgan fingerprint density at radius 2 is 1.97 bits per heavy atom. The number of nitro benzene ring substituents is 1. The number of halogens is 3. The molecule has 3 aromatic carbocycles. The number of hydrogen-bond donors (Lipinski definition) is 1. The summed E-state index contributed by atoms with van der Waals surface area (Å²) in [6, 6.07) is 15.7. The first kappa shape index (κ1) is 26.0. The second-order valence-electron chi connectivity index (χ2n) is 7.00. The number of carbonyl (C=O) groups is 1. The van der Waals surface area contributed by atoms with Gasteiger partial charge in [-0.1, -0.05) is 35.3 Å². The number of amides is 1. The molecule has 0 atom stereocenters. The number of nitrogens with zero attached hydrogens (tertiary/aromatic N) is 2. The zero-order valence-corrected chi connectivity index (χ0v) is 21.1. The topological polar surface area (TPSA) is 114 Å². The number of non-ortho nitro benzene ring substituents is 1. The molecule has 0 heterocycles. The number of methoxy groups -OCH3 is 1. The molecular weight excluding hydrogens is 561 g/mol. The van der Waals surface area contributed by atoms with Crippen LogP contribution in [0.3, 0.4) is 0 Å². The molecule has 178 valence electrons. The number of nitro groups is 1. The number of carbonyl (C=O) groups excluding carboxylic acids is 1. The normalized spacial score (nSPS) is 10.9. The van der Waals surface area contributed by atoms with Gasteiger partial charge in [0.1, 0.15) is 18.2 Å². The van der Waals surface area contributed by atoms with E-state index in [-0.39, 0.29) is 23.6 Å². The molecule has 0 aromatic heterocycles. The number of hydrogen-bond acceptors (Lipinski definition) is 6. The molecule has 0 saturated carbocycles. The number of benzene rings is 3. The minimum absolute atomic E-state index is 0.185. The summed E-state index contributed by atoms with van der Waals surface area (Å²) < 4.78 is 11.8. The molecule has 35 heavy (non-hydrogen) atoms. The van der Waals surface area contributed by atoms with Gasteiger partial charge in [0.05, 0.1) is 26.6 Å². The third-order valence-electron chi connectivity index (χ3n) is 4.61. The first-order chi connectivity index (χ1) is 16.7. The van der Waals surface area contributed by atoms with Crippen molar-refractivity contribution in [2.24, 2.45) is 0 Å².